The van der Waals surface area contributed by atoms with Crippen LogP contribution in [0, 0.1) is 0 Å². The van der Waals surface area contributed by atoms with Crippen LogP contribution >= 0.6 is 22.6 Å². The third-order valence-corrected chi connectivity index (χ3v) is 14.8. The third kappa shape index (κ3) is 16.3. The highest BCUT2D eigenvalue weighted by Crippen LogP contribution is 2.46. The fraction of sp³-hybridized carbons (Fsp3) is 0.393. The number of methoxy groups -OCH3 is 1. The SMILES string of the molecule is CO[C@H]1O[C@H](CO[C@H]2O[C@H](COCc3ccccc3)[C@@H](OCc3ccccc3)[C@H](OCc3ccccc3)[C@@]2(I)CCCCOC(C)=O)[C@@H](OCc2ccccc2)[C@H](OCc2ccccc2)[C@H]1OCc1ccccc1. The largest absolute Gasteiger partial charge is 0.466 e. The molecule has 0 amide bonds. The molecule has 392 valence electrons. The average Bonchev–Trinajstić information content (AvgIpc) is 3.44. The number of halogens is 1. The molecular weight excluding hydrogens is 1050 g/mol. The molecular formula is C61H69IO12. The number of carbonyl (C=O) groups is 1. The van der Waals surface area contributed by atoms with Crippen molar-refractivity contribution in [2.24, 2.45) is 0 Å². The highest BCUT2D eigenvalue weighted by atomic mass is 127. The van der Waals surface area contributed by atoms with Crippen molar-refractivity contribution < 1.29 is 56.9 Å². The molecule has 10 atom stereocenters. The minimum absolute atomic E-state index is 0.0112. The van der Waals surface area contributed by atoms with E-state index in [1.54, 1.807) is 7.11 Å². The van der Waals surface area contributed by atoms with Crippen molar-refractivity contribution in [2.75, 3.05) is 26.9 Å². The molecule has 0 aromatic heterocycles. The van der Waals surface area contributed by atoms with Gasteiger partial charge in [-0.3, -0.25) is 4.79 Å². The Balaban J connectivity index is 1.14. The molecule has 13 heteroatoms. The van der Waals surface area contributed by atoms with E-state index in [0.29, 0.717) is 45.7 Å². The Morgan fingerprint density at radius 1 is 0.473 bits per heavy atom. The van der Waals surface area contributed by atoms with E-state index >= 15 is 0 Å². The number of benzene rings is 6. The number of rotatable bonds is 28. The zero-order chi connectivity index (χ0) is 51.2. The van der Waals surface area contributed by atoms with Gasteiger partial charge in [-0.1, -0.05) is 205 Å². The number of hydrogen-bond donors (Lipinski definition) is 0. The van der Waals surface area contributed by atoms with E-state index in [-0.39, 0.29) is 39.0 Å². The maximum atomic E-state index is 11.9. The molecule has 12 nitrogen and oxygen atoms in total. The van der Waals surface area contributed by atoms with Gasteiger partial charge < -0.3 is 52.1 Å². The van der Waals surface area contributed by atoms with Gasteiger partial charge in [-0.2, -0.15) is 0 Å². The van der Waals surface area contributed by atoms with Crippen LogP contribution in [0.1, 0.15) is 59.6 Å². The summed E-state index contributed by atoms with van der Waals surface area (Å²) in [5.74, 6) is -0.321. The molecule has 0 N–H and O–H groups in total. The van der Waals surface area contributed by atoms with Gasteiger partial charge in [-0.05, 0) is 52.6 Å². The molecule has 2 aliphatic rings. The van der Waals surface area contributed by atoms with Gasteiger partial charge in [-0.15, -0.1) is 0 Å². The van der Waals surface area contributed by atoms with E-state index in [0.717, 1.165) is 33.4 Å². The lowest BCUT2D eigenvalue weighted by atomic mass is 9.86. The van der Waals surface area contributed by atoms with Crippen LogP contribution in [-0.2, 0) is 96.5 Å². The van der Waals surface area contributed by atoms with Crippen molar-refractivity contribution in [2.45, 2.75) is 125 Å². The van der Waals surface area contributed by atoms with Crippen LogP contribution in [0.15, 0.2) is 182 Å². The number of hydrogen-bond acceptors (Lipinski definition) is 12. The van der Waals surface area contributed by atoms with Gasteiger partial charge in [0.05, 0.1) is 59.5 Å². The Bertz CT molecular complexity index is 2480. The first-order valence-electron chi connectivity index (χ1n) is 25.5. The van der Waals surface area contributed by atoms with E-state index in [1.807, 2.05) is 170 Å². The normalized spacial score (nSPS) is 24.8. The second kappa shape index (κ2) is 29.4. The molecule has 8 rings (SSSR count). The molecule has 2 aliphatic heterocycles. The van der Waals surface area contributed by atoms with Gasteiger partial charge in [0.2, 0.25) is 0 Å². The Morgan fingerprint density at radius 3 is 1.34 bits per heavy atom. The zero-order valence-electron chi connectivity index (χ0n) is 42.3. The van der Waals surface area contributed by atoms with Crippen LogP contribution in [0.4, 0.5) is 0 Å². The minimum atomic E-state index is -0.894. The van der Waals surface area contributed by atoms with Crippen molar-refractivity contribution in [1.29, 1.82) is 0 Å². The van der Waals surface area contributed by atoms with Crippen molar-refractivity contribution in [1.82, 2.24) is 0 Å². The lowest BCUT2D eigenvalue weighted by Crippen LogP contribution is -2.66. The Morgan fingerprint density at radius 2 is 0.878 bits per heavy atom. The van der Waals surface area contributed by atoms with Crippen molar-refractivity contribution in [3.63, 3.8) is 0 Å². The van der Waals surface area contributed by atoms with E-state index in [2.05, 4.69) is 34.7 Å². The average molecular weight is 1120 g/mol. The number of alkyl halides is 1. The minimum Gasteiger partial charge on any atom is -0.466 e. The van der Waals surface area contributed by atoms with Crippen LogP contribution in [0.25, 0.3) is 0 Å². The molecule has 0 spiro atoms. The quantitative estimate of drug-likeness (QED) is 0.0201. The number of ether oxygens (including phenoxy) is 11. The van der Waals surface area contributed by atoms with E-state index in [4.69, 9.17) is 52.1 Å². The summed E-state index contributed by atoms with van der Waals surface area (Å²) in [6.07, 6.45) is -4.58. The Hall–Kier alpha value is -4.88. The van der Waals surface area contributed by atoms with Crippen LogP contribution < -0.4 is 0 Å². The molecule has 0 radical (unpaired) electrons. The van der Waals surface area contributed by atoms with E-state index < -0.39 is 58.7 Å². The molecule has 74 heavy (non-hydrogen) atoms. The molecule has 2 fully saturated rings. The molecule has 6 aromatic rings. The second-order valence-corrected chi connectivity index (χ2v) is 20.6. The van der Waals surface area contributed by atoms with Gasteiger partial charge in [0.1, 0.15) is 46.1 Å². The number of unbranched alkanes of at least 4 members (excludes halogenated alkanes) is 1. The van der Waals surface area contributed by atoms with Crippen LogP contribution in [0.5, 0.6) is 0 Å². The molecule has 0 aliphatic carbocycles. The first-order valence-corrected chi connectivity index (χ1v) is 26.6. The van der Waals surface area contributed by atoms with Gasteiger partial charge >= 0.3 is 5.97 Å². The fourth-order valence-corrected chi connectivity index (χ4v) is 10.6. The summed E-state index contributed by atoms with van der Waals surface area (Å²) >= 11 is 2.48. The number of esters is 1. The summed E-state index contributed by atoms with van der Waals surface area (Å²) in [5.41, 5.74) is 6.02. The molecule has 0 unspecified atom stereocenters. The lowest BCUT2D eigenvalue weighted by molar-refractivity contribution is -0.337. The van der Waals surface area contributed by atoms with Crippen molar-refractivity contribution in [3.8, 4) is 0 Å². The van der Waals surface area contributed by atoms with Crippen LogP contribution in [-0.4, -0.2) is 91.6 Å². The molecule has 2 saturated heterocycles. The summed E-state index contributed by atoms with van der Waals surface area (Å²) in [7, 11) is 1.61. The molecule has 6 aromatic carbocycles. The first-order chi connectivity index (χ1) is 36.4. The molecule has 2 heterocycles. The van der Waals surface area contributed by atoms with Crippen molar-refractivity contribution >= 4 is 28.6 Å². The maximum absolute atomic E-state index is 11.9. The summed E-state index contributed by atoms with van der Waals surface area (Å²) in [5, 5.41) is 0. The highest BCUT2D eigenvalue weighted by Gasteiger charge is 2.58. The fourth-order valence-electron chi connectivity index (χ4n) is 9.31. The predicted molar refractivity (Wildman–Crippen MR) is 289 cm³/mol. The smallest absolute Gasteiger partial charge is 0.302 e. The van der Waals surface area contributed by atoms with Gasteiger partial charge in [0, 0.05) is 14.0 Å². The molecule has 0 saturated carbocycles. The van der Waals surface area contributed by atoms with Crippen molar-refractivity contribution in [3.05, 3.63) is 215 Å². The standard InChI is InChI=1S/C61H69IO12/c1-45(63)66-36-22-21-35-61(62)58(71-42-51-33-19-8-20-34-51)55(68-39-48-27-13-5-14-28-48)52(43-65-37-46-23-9-3-10-24-46)74-60(61)72-44-53-54(67-38-47-25-11-4-12-26-47)56(69-40-49-29-15-6-16-30-49)57(59(64-2)73-53)70-41-50-31-17-7-18-32-50/h3-20,23-34,52-60H,21-22,35-44H2,1-2H3/t52-,53-,54-,55-,56+,57-,58+,59+,60+,61+/m1/s1. The summed E-state index contributed by atoms with van der Waals surface area (Å²) in [6, 6.07) is 60.3. The Kier molecular flexibility index (Phi) is 22.0. The van der Waals surface area contributed by atoms with Crippen LogP contribution in [0.3, 0.4) is 0 Å². The summed E-state index contributed by atoms with van der Waals surface area (Å²) in [6.45, 7) is 3.74. The van der Waals surface area contributed by atoms with E-state index in [1.165, 1.54) is 6.92 Å². The van der Waals surface area contributed by atoms with Gasteiger partial charge in [0.25, 0.3) is 0 Å². The van der Waals surface area contributed by atoms with Crippen LogP contribution in [0.2, 0.25) is 0 Å². The topological polar surface area (TPSA) is 119 Å². The monoisotopic (exact) mass is 1120 g/mol. The lowest BCUT2D eigenvalue weighted by Gasteiger charge is -2.52. The summed E-state index contributed by atoms with van der Waals surface area (Å²) < 4.78 is 73.4. The number of carbonyl (C=O) groups excluding carboxylic acids is 1. The first kappa shape index (κ1) is 55.4. The van der Waals surface area contributed by atoms with Gasteiger partial charge in [-0.25, -0.2) is 0 Å². The zero-order valence-corrected chi connectivity index (χ0v) is 44.4. The predicted octanol–water partition coefficient (Wildman–Crippen LogP) is 11.2. The molecule has 0 bridgehead atoms. The maximum Gasteiger partial charge on any atom is 0.302 e. The second-order valence-electron chi connectivity index (χ2n) is 18.6. The highest BCUT2D eigenvalue weighted by molar-refractivity contribution is 14.1. The summed E-state index contributed by atoms with van der Waals surface area (Å²) in [4.78, 5) is 11.9. The third-order valence-electron chi connectivity index (χ3n) is 13.1. The van der Waals surface area contributed by atoms with E-state index in [9.17, 15) is 4.79 Å². The van der Waals surface area contributed by atoms with Gasteiger partial charge in [0.15, 0.2) is 12.6 Å². The Labute approximate surface area is 450 Å².